The number of nitrogens with one attached hydrogen (secondary N) is 1. The molecule has 0 unspecified atom stereocenters. The van der Waals surface area contributed by atoms with Gasteiger partial charge in [0.05, 0.1) is 16.8 Å². The van der Waals surface area contributed by atoms with E-state index >= 15 is 0 Å². The van der Waals surface area contributed by atoms with E-state index in [4.69, 9.17) is 9.47 Å². The number of carbonyl (C=O) groups is 1. The lowest BCUT2D eigenvalue weighted by Crippen LogP contribution is -2.13. The molecule has 2 aromatic carbocycles. The molecule has 2 rings (SSSR count). The second-order valence-corrected chi connectivity index (χ2v) is 7.41. The van der Waals surface area contributed by atoms with Crippen molar-refractivity contribution in [2.75, 3.05) is 18.5 Å². The highest BCUT2D eigenvalue weighted by molar-refractivity contribution is 14.1. The molecule has 0 aromatic heterocycles. The summed E-state index contributed by atoms with van der Waals surface area (Å²) in [6.07, 6.45) is 1.54. The van der Waals surface area contributed by atoms with Crippen molar-refractivity contribution < 1.29 is 14.3 Å². The second kappa shape index (κ2) is 10.3. The molecule has 0 aliphatic carbocycles. The Hall–Kier alpha value is -2.05. The average molecular weight is 541 g/mol. The van der Waals surface area contributed by atoms with Crippen LogP contribution in [0.2, 0.25) is 0 Å². The summed E-state index contributed by atoms with van der Waals surface area (Å²) in [4.78, 5) is 12.4. The predicted molar refractivity (Wildman–Crippen MR) is 118 cm³/mol. The molecule has 0 spiro atoms. The highest BCUT2D eigenvalue weighted by Crippen LogP contribution is 2.35. The number of nitrogens with zero attached hydrogens (tertiary/aromatic N) is 1. The van der Waals surface area contributed by atoms with Gasteiger partial charge in [0.1, 0.15) is 11.6 Å². The van der Waals surface area contributed by atoms with E-state index in [1.54, 1.807) is 24.3 Å². The molecule has 0 aliphatic rings. The Balaban J connectivity index is 2.33. The lowest BCUT2D eigenvalue weighted by Gasteiger charge is -2.13. The summed E-state index contributed by atoms with van der Waals surface area (Å²) < 4.78 is 13.0. The lowest BCUT2D eigenvalue weighted by atomic mass is 10.1. The molecule has 7 heteroatoms. The lowest BCUT2D eigenvalue weighted by molar-refractivity contribution is -0.112. The first-order valence-electron chi connectivity index (χ1n) is 8.26. The van der Waals surface area contributed by atoms with Crippen LogP contribution in [0.4, 0.5) is 5.69 Å². The van der Waals surface area contributed by atoms with E-state index < -0.39 is 5.91 Å². The molecule has 5 nitrogen and oxygen atoms in total. The molecule has 0 atom stereocenters. The van der Waals surface area contributed by atoms with Gasteiger partial charge in [-0.15, -0.1) is 0 Å². The zero-order valence-corrected chi connectivity index (χ0v) is 18.6. The van der Waals surface area contributed by atoms with Crippen molar-refractivity contribution in [3.63, 3.8) is 0 Å². The number of amides is 1. The number of hydrogen-bond donors (Lipinski definition) is 1. The van der Waals surface area contributed by atoms with Crippen LogP contribution in [-0.2, 0) is 4.79 Å². The third-order valence-corrected chi connectivity index (χ3v) is 4.67. The van der Waals surface area contributed by atoms with E-state index in [2.05, 4.69) is 43.8 Å². The normalized spacial score (nSPS) is 10.9. The van der Waals surface area contributed by atoms with E-state index in [1.165, 1.54) is 6.08 Å². The molecule has 0 saturated carbocycles. The van der Waals surface area contributed by atoms with Crippen molar-refractivity contribution in [2.45, 2.75) is 13.8 Å². The second-order valence-electron chi connectivity index (χ2n) is 5.33. The minimum absolute atomic E-state index is 0.00242. The predicted octanol–water partition coefficient (Wildman–Crippen LogP) is 5.40. The zero-order chi connectivity index (χ0) is 19.8. The number of anilines is 1. The van der Waals surface area contributed by atoms with Crippen molar-refractivity contribution in [1.29, 1.82) is 5.26 Å². The third-order valence-electron chi connectivity index (χ3n) is 3.38. The Morgan fingerprint density at radius 1 is 1.26 bits per heavy atom. The summed E-state index contributed by atoms with van der Waals surface area (Å²) >= 11 is 5.50. The van der Waals surface area contributed by atoms with Crippen molar-refractivity contribution >= 4 is 56.2 Å². The summed E-state index contributed by atoms with van der Waals surface area (Å²) in [5, 5.41) is 12.1. The summed E-state index contributed by atoms with van der Waals surface area (Å²) in [6, 6.07) is 12.7. The Morgan fingerprint density at radius 2 is 2.00 bits per heavy atom. The van der Waals surface area contributed by atoms with Crippen LogP contribution in [0.5, 0.6) is 11.5 Å². The van der Waals surface area contributed by atoms with Gasteiger partial charge in [0.25, 0.3) is 5.91 Å². The maximum Gasteiger partial charge on any atom is 0.266 e. The monoisotopic (exact) mass is 540 g/mol. The Morgan fingerprint density at radius 3 is 2.63 bits per heavy atom. The summed E-state index contributed by atoms with van der Waals surface area (Å²) in [6.45, 7) is 4.79. The van der Waals surface area contributed by atoms with E-state index in [1.807, 2.05) is 32.0 Å². The Labute approximate surface area is 180 Å². The van der Waals surface area contributed by atoms with Crippen LogP contribution in [0.15, 0.2) is 46.4 Å². The van der Waals surface area contributed by atoms with Gasteiger partial charge in [-0.05, 0) is 78.4 Å². The van der Waals surface area contributed by atoms with E-state index in [0.717, 1.165) is 8.04 Å². The van der Waals surface area contributed by atoms with Crippen molar-refractivity contribution in [3.05, 3.63) is 55.6 Å². The van der Waals surface area contributed by atoms with Crippen molar-refractivity contribution in [3.8, 4) is 17.6 Å². The standard InChI is InChI=1S/C20H18BrIN2O3/c1-3-26-18-10-13(9-17(22)19(18)27-4-2)8-14(12-23)20(25)24-16-7-5-6-15(21)11-16/h5-11H,3-4H2,1-2H3,(H,24,25)/b14-8-. The summed E-state index contributed by atoms with van der Waals surface area (Å²) in [7, 11) is 0. The summed E-state index contributed by atoms with van der Waals surface area (Å²) in [5.74, 6) is 0.772. The van der Waals surface area contributed by atoms with Crippen LogP contribution in [0, 0.1) is 14.9 Å². The average Bonchev–Trinajstić information content (AvgIpc) is 2.62. The van der Waals surface area contributed by atoms with Gasteiger partial charge in [0.2, 0.25) is 0 Å². The molecular weight excluding hydrogens is 523 g/mol. The van der Waals surface area contributed by atoms with Crippen LogP contribution in [0.3, 0.4) is 0 Å². The van der Waals surface area contributed by atoms with E-state index in [9.17, 15) is 10.1 Å². The molecular formula is C20H18BrIN2O3. The fraction of sp³-hybridized carbons (Fsp3) is 0.200. The van der Waals surface area contributed by atoms with Gasteiger partial charge in [0.15, 0.2) is 11.5 Å². The number of rotatable bonds is 7. The SMILES string of the molecule is CCOc1cc(/C=C(/C#N)C(=O)Nc2cccc(Br)c2)cc(I)c1OCC. The Kier molecular flexibility index (Phi) is 8.13. The molecule has 1 N–H and O–H groups in total. The van der Waals surface area contributed by atoms with Crippen LogP contribution in [0.25, 0.3) is 6.08 Å². The largest absolute Gasteiger partial charge is 0.490 e. The van der Waals surface area contributed by atoms with E-state index in [-0.39, 0.29) is 5.57 Å². The molecule has 0 heterocycles. The van der Waals surface area contributed by atoms with Gasteiger partial charge in [-0.25, -0.2) is 0 Å². The third kappa shape index (κ3) is 5.97. The highest BCUT2D eigenvalue weighted by atomic mass is 127. The van der Waals surface area contributed by atoms with Gasteiger partial charge in [-0.2, -0.15) is 5.26 Å². The maximum atomic E-state index is 12.4. The molecule has 27 heavy (non-hydrogen) atoms. The molecule has 0 radical (unpaired) electrons. The maximum absolute atomic E-state index is 12.4. The van der Waals surface area contributed by atoms with Gasteiger partial charge in [-0.3, -0.25) is 4.79 Å². The van der Waals surface area contributed by atoms with Crippen LogP contribution in [-0.4, -0.2) is 19.1 Å². The van der Waals surface area contributed by atoms with Crippen molar-refractivity contribution in [1.82, 2.24) is 0 Å². The molecule has 0 bridgehead atoms. The van der Waals surface area contributed by atoms with Crippen LogP contribution in [0.1, 0.15) is 19.4 Å². The topological polar surface area (TPSA) is 71.3 Å². The van der Waals surface area contributed by atoms with Gasteiger partial charge in [0, 0.05) is 10.2 Å². The molecule has 0 saturated heterocycles. The number of nitriles is 1. The smallest absolute Gasteiger partial charge is 0.266 e. The fourth-order valence-electron chi connectivity index (χ4n) is 2.30. The number of halogens is 2. The highest BCUT2D eigenvalue weighted by Gasteiger charge is 2.14. The number of carbonyl (C=O) groups excluding carboxylic acids is 1. The Bertz CT molecular complexity index is 907. The molecule has 0 aliphatic heterocycles. The molecule has 2 aromatic rings. The van der Waals surface area contributed by atoms with Gasteiger partial charge in [-0.1, -0.05) is 22.0 Å². The van der Waals surface area contributed by atoms with Gasteiger partial charge < -0.3 is 14.8 Å². The van der Waals surface area contributed by atoms with Crippen molar-refractivity contribution in [2.24, 2.45) is 0 Å². The van der Waals surface area contributed by atoms with Gasteiger partial charge >= 0.3 is 0 Å². The number of benzene rings is 2. The molecule has 140 valence electrons. The first-order valence-corrected chi connectivity index (χ1v) is 10.1. The first kappa shape index (κ1) is 21.3. The fourth-order valence-corrected chi connectivity index (χ4v) is 3.48. The number of hydrogen-bond acceptors (Lipinski definition) is 4. The summed E-state index contributed by atoms with van der Waals surface area (Å²) in [5.41, 5.74) is 1.29. The van der Waals surface area contributed by atoms with Crippen LogP contribution >= 0.6 is 38.5 Å². The zero-order valence-electron chi connectivity index (χ0n) is 14.9. The van der Waals surface area contributed by atoms with Crippen LogP contribution < -0.4 is 14.8 Å². The first-order chi connectivity index (χ1) is 13.0. The molecule has 0 fully saturated rings. The minimum atomic E-state index is -0.475. The van der Waals surface area contributed by atoms with E-state index in [0.29, 0.717) is 36.0 Å². The minimum Gasteiger partial charge on any atom is -0.490 e. The quantitative estimate of drug-likeness (QED) is 0.290. The molecule has 1 amide bonds. The number of ether oxygens (including phenoxy) is 2.